The minimum Gasteiger partial charge on any atom is -0.497 e. The molecule has 0 aliphatic carbocycles. The van der Waals surface area contributed by atoms with E-state index >= 15 is 0 Å². The molecule has 8 heterocycles. The lowest BCUT2D eigenvalue weighted by molar-refractivity contribution is 0.0561. The number of hydrogen-bond acceptors (Lipinski definition) is 14. The normalized spacial score (nSPS) is 14.1. The van der Waals surface area contributed by atoms with E-state index in [1.165, 1.54) is 30.4 Å². The van der Waals surface area contributed by atoms with E-state index in [2.05, 4.69) is 92.2 Å². The lowest BCUT2D eigenvalue weighted by Crippen LogP contribution is -2.25. The summed E-state index contributed by atoms with van der Waals surface area (Å²) in [6.07, 6.45) is 9.03. The standard InChI is InChI=1S/C31H34F2N6O2.C26H30N4O2.C5H5BrF2N2/c1-6-41-30-24(8-7-13-34-30)25-14-26(27-28(19(2)3)36-20(4)29(27)37-25)38(16-21-9-11-23(40-5)12-10-21)17-22-15-35-39(18-22)31(32)33;1-6-32-26-20(8-7-13-27-26)21-14-22(28-15-18-9-11-19(31-5)12-10-18)23-24(16(2)3)29-17(4)25(23)30-21;6-1-4-2-9-10(3-4)5(7)8/h7-15,18-19,28,31H,6,16-17H2,1-5H3;7-14,16,24H,6,15H2,1-5H3,(H,28,30);2-3,5H,1H2. The van der Waals surface area contributed by atoms with Crippen LogP contribution >= 0.6 is 15.9 Å². The molecular weight excluding hydrogens is 1130 g/mol. The van der Waals surface area contributed by atoms with E-state index in [-0.39, 0.29) is 18.0 Å². The summed E-state index contributed by atoms with van der Waals surface area (Å²) in [5, 5.41) is 11.5. The van der Waals surface area contributed by atoms with Gasteiger partial charge in [0.25, 0.3) is 0 Å². The lowest BCUT2D eigenvalue weighted by Gasteiger charge is -2.30. The van der Waals surface area contributed by atoms with E-state index in [0.717, 1.165) is 84.8 Å². The Bertz CT molecular complexity index is 3500. The second kappa shape index (κ2) is 28.2. The number of anilines is 2. The van der Waals surface area contributed by atoms with Gasteiger partial charge in [-0.25, -0.2) is 29.3 Å². The van der Waals surface area contributed by atoms with E-state index in [4.69, 9.17) is 38.9 Å². The van der Waals surface area contributed by atoms with Crippen molar-refractivity contribution < 1.29 is 36.5 Å². The Morgan fingerprint density at radius 3 is 1.55 bits per heavy atom. The SMILES string of the molecule is CCOc1ncccc1-c1cc(N(Cc2ccc(OC)cc2)Cc2cnn(C(F)F)c2)c2c(n1)C(C)=NC2C(C)C.CCOc1ncccc1-c1cc(NCc2ccc(OC)cc2)c2c(n1)C(C)=NC2C(C)C.FC(F)n1cc(CBr)cn1. The van der Waals surface area contributed by atoms with Crippen LogP contribution in [0.5, 0.6) is 23.3 Å². The Balaban J connectivity index is 0.000000189. The van der Waals surface area contributed by atoms with E-state index < -0.39 is 13.1 Å². The minimum atomic E-state index is -2.71. The molecule has 0 fully saturated rings. The van der Waals surface area contributed by atoms with Gasteiger partial charge >= 0.3 is 13.1 Å². The molecule has 0 saturated heterocycles. The van der Waals surface area contributed by atoms with Crippen LogP contribution in [0.25, 0.3) is 22.5 Å². The molecule has 0 spiro atoms. The first kappa shape index (κ1) is 60.9. The van der Waals surface area contributed by atoms with Crippen molar-refractivity contribution in [3.05, 3.63) is 167 Å². The van der Waals surface area contributed by atoms with Gasteiger partial charge in [-0.3, -0.25) is 9.98 Å². The van der Waals surface area contributed by atoms with Gasteiger partial charge in [0.05, 0.1) is 97.2 Å². The Morgan fingerprint density at radius 2 is 1.08 bits per heavy atom. The third-order valence-corrected chi connectivity index (χ3v) is 14.4. The number of aliphatic imine (C=N–C) groups is 2. The van der Waals surface area contributed by atoms with Gasteiger partial charge in [-0.1, -0.05) is 67.9 Å². The predicted molar refractivity (Wildman–Crippen MR) is 320 cm³/mol. The molecule has 8 aromatic rings. The number of aromatic nitrogens is 8. The number of rotatable bonds is 21. The van der Waals surface area contributed by atoms with Gasteiger partial charge in [0.2, 0.25) is 11.8 Å². The highest BCUT2D eigenvalue weighted by atomic mass is 79.9. The predicted octanol–water partition coefficient (Wildman–Crippen LogP) is 14.7. The van der Waals surface area contributed by atoms with E-state index in [9.17, 15) is 17.6 Å². The summed E-state index contributed by atoms with van der Waals surface area (Å²) >= 11 is 3.12. The van der Waals surface area contributed by atoms with Crippen molar-refractivity contribution in [2.24, 2.45) is 21.8 Å². The number of alkyl halides is 5. The maximum Gasteiger partial charge on any atom is 0.333 e. The molecule has 1 N–H and O–H groups in total. The minimum absolute atomic E-state index is 0.0881. The fourth-order valence-corrected chi connectivity index (χ4v) is 9.98. The fraction of sp³-hybridized carbons (Fsp3) is 0.355. The molecule has 83 heavy (non-hydrogen) atoms. The molecule has 10 rings (SSSR count). The van der Waals surface area contributed by atoms with Crippen molar-refractivity contribution in [3.63, 3.8) is 0 Å². The quantitative estimate of drug-likeness (QED) is 0.0536. The smallest absolute Gasteiger partial charge is 0.333 e. The highest BCUT2D eigenvalue weighted by molar-refractivity contribution is 9.08. The molecule has 6 aromatic heterocycles. The summed E-state index contributed by atoms with van der Waals surface area (Å²) in [4.78, 5) is 31.1. The summed E-state index contributed by atoms with van der Waals surface area (Å²) in [7, 11) is 3.31. The van der Waals surface area contributed by atoms with Crippen molar-refractivity contribution in [1.82, 2.24) is 39.5 Å². The van der Waals surface area contributed by atoms with Crippen molar-refractivity contribution >= 4 is 38.7 Å². The summed E-state index contributed by atoms with van der Waals surface area (Å²) in [6, 6.07) is 27.8. The maximum atomic E-state index is 13.4. The van der Waals surface area contributed by atoms with Gasteiger partial charge in [0.1, 0.15) is 11.5 Å². The van der Waals surface area contributed by atoms with Crippen LogP contribution in [0.3, 0.4) is 0 Å². The average molecular weight is 1200 g/mol. The van der Waals surface area contributed by atoms with Crippen molar-refractivity contribution in [2.75, 3.05) is 37.7 Å². The first-order valence-electron chi connectivity index (χ1n) is 27.3. The van der Waals surface area contributed by atoms with Crippen LogP contribution in [0.4, 0.5) is 28.9 Å². The van der Waals surface area contributed by atoms with E-state index in [1.807, 2.05) is 94.4 Å². The molecule has 0 amide bonds. The molecule has 2 unspecified atom stereocenters. The summed E-state index contributed by atoms with van der Waals surface area (Å²) in [5.41, 5.74) is 14.6. The highest BCUT2D eigenvalue weighted by Crippen LogP contribution is 2.45. The highest BCUT2D eigenvalue weighted by Gasteiger charge is 2.34. The van der Waals surface area contributed by atoms with Crippen LogP contribution in [-0.4, -0.2) is 78.4 Å². The Labute approximate surface area is 490 Å². The maximum absolute atomic E-state index is 13.4. The molecule has 0 bridgehead atoms. The molecule has 0 radical (unpaired) electrons. The number of halogens is 5. The van der Waals surface area contributed by atoms with Crippen LogP contribution in [0, 0.1) is 11.8 Å². The number of pyridine rings is 4. The molecule has 2 aliphatic rings. The van der Waals surface area contributed by atoms with Gasteiger partial charge in [-0.15, -0.1) is 0 Å². The van der Waals surface area contributed by atoms with Crippen LogP contribution < -0.4 is 29.2 Å². The summed E-state index contributed by atoms with van der Waals surface area (Å²) in [5.74, 6) is 3.30. The van der Waals surface area contributed by atoms with Crippen molar-refractivity contribution in [2.45, 2.75) is 106 Å². The van der Waals surface area contributed by atoms with Gasteiger partial charge in [-0.05, 0) is 111 Å². The van der Waals surface area contributed by atoms with Crippen LogP contribution in [0.1, 0.15) is 125 Å². The van der Waals surface area contributed by atoms with E-state index in [1.54, 1.807) is 26.6 Å². The van der Waals surface area contributed by atoms with Crippen molar-refractivity contribution in [3.8, 4) is 45.8 Å². The number of nitrogens with zero attached hydrogens (tertiary/aromatic N) is 11. The molecule has 436 valence electrons. The molecule has 16 nitrogen and oxygen atoms in total. The molecule has 0 saturated carbocycles. The van der Waals surface area contributed by atoms with Crippen LogP contribution in [0.2, 0.25) is 0 Å². The Kier molecular flexibility index (Phi) is 20.7. The third kappa shape index (κ3) is 14.7. The third-order valence-electron chi connectivity index (χ3n) is 13.7. The fourth-order valence-electron chi connectivity index (χ4n) is 9.69. The number of nitrogens with one attached hydrogen (secondary N) is 1. The molecule has 21 heteroatoms. The lowest BCUT2D eigenvalue weighted by atomic mass is 9.93. The van der Waals surface area contributed by atoms with Gasteiger partial charge in [0, 0.05) is 83.4 Å². The number of hydrogen-bond donors (Lipinski definition) is 1. The second-order valence-electron chi connectivity index (χ2n) is 20.2. The number of ether oxygens (including phenoxy) is 4. The summed E-state index contributed by atoms with van der Waals surface area (Å²) < 4.78 is 73.9. The molecule has 2 atom stereocenters. The zero-order valence-corrected chi connectivity index (χ0v) is 49.8. The first-order valence-corrected chi connectivity index (χ1v) is 28.4. The van der Waals surface area contributed by atoms with Crippen LogP contribution in [0.15, 0.2) is 132 Å². The largest absolute Gasteiger partial charge is 0.497 e. The Morgan fingerprint density at radius 1 is 0.614 bits per heavy atom. The second-order valence-corrected chi connectivity index (χ2v) is 20.8. The number of fused-ring (bicyclic) bond motifs is 2. The van der Waals surface area contributed by atoms with Gasteiger partial charge in [-0.2, -0.15) is 27.8 Å². The average Bonchev–Trinajstić information content (AvgIpc) is 4.48. The zero-order valence-electron chi connectivity index (χ0n) is 48.2. The van der Waals surface area contributed by atoms with Gasteiger partial charge in [0.15, 0.2) is 0 Å². The number of methoxy groups -OCH3 is 2. The number of benzene rings is 2. The first-order chi connectivity index (χ1) is 40.0. The Hall–Kier alpha value is -8.20. The van der Waals surface area contributed by atoms with Crippen molar-refractivity contribution in [1.29, 1.82) is 0 Å². The van der Waals surface area contributed by atoms with Gasteiger partial charge < -0.3 is 29.2 Å². The summed E-state index contributed by atoms with van der Waals surface area (Å²) in [6.45, 7) is 13.9. The van der Waals surface area contributed by atoms with E-state index in [0.29, 0.717) is 76.5 Å². The molecule has 2 aliphatic heterocycles. The monoisotopic (exact) mass is 1200 g/mol. The zero-order chi connectivity index (χ0) is 59.3. The topological polar surface area (TPSA) is 164 Å². The van der Waals surface area contributed by atoms with Crippen LogP contribution in [-0.2, 0) is 25.0 Å². The molecular formula is C62H69BrF4N12O4. The molecule has 2 aromatic carbocycles.